The lowest BCUT2D eigenvalue weighted by molar-refractivity contribution is 0.286. The van der Waals surface area contributed by atoms with Crippen LogP contribution in [0.25, 0.3) is 0 Å². The van der Waals surface area contributed by atoms with E-state index in [0.29, 0.717) is 29.9 Å². The third kappa shape index (κ3) is 6.55. The first-order valence-corrected chi connectivity index (χ1v) is 10.9. The second-order valence-electron chi connectivity index (χ2n) is 5.24. The lowest BCUT2D eigenvalue weighted by Crippen LogP contribution is -2.06. The Balaban J connectivity index is 2.12. The van der Waals surface area contributed by atoms with Crippen molar-refractivity contribution in [3.63, 3.8) is 0 Å². The van der Waals surface area contributed by atoms with Crippen LogP contribution in [0, 0.1) is 0 Å². The summed E-state index contributed by atoms with van der Waals surface area (Å²) >= 11 is 8.54. The molecule has 0 heterocycles. The number of hydrogen-bond donors (Lipinski definition) is 1. The largest absolute Gasteiger partial charge is 0.490 e. The summed E-state index contributed by atoms with van der Waals surface area (Å²) in [5, 5.41) is 8.56. The van der Waals surface area contributed by atoms with Gasteiger partial charge in [0, 0.05) is 15.8 Å². The monoisotopic (exact) mass is 513 g/mol. The van der Waals surface area contributed by atoms with Crippen LogP contribution >= 0.6 is 43.6 Å². The fraction of sp³-hybridized carbons (Fsp3) is 0.263. The molecule has 0 saturated carbocycles. The molecule has 8 heteroatoms. The Morgan fingerprint density at radius 2 is 1.81 bits per heavy atom. The van der Waals surface area contributed by atoms with Gasteiger partial charge in [0.25, 0.3) is 0 Å². The van der Waals surface area contributed by atoms with E-state index in [4.69, 9.17) is 15.2 Å². The predicted octanol–water partition coefficient (Wildman–Crippen LogP) is 5.59. The van der Waals surface area contributed by atoms with Crippen LogP contribution in [-0.2, 0) is 5.75 Å². The second-order valence-corrected chi connectivity index (χ2v) is 7.83. The number of nitrogens with zero attached hydrogens (tertiary/aromatic N) is 2. The molecule has 2 aromatic rings. The molecular formula is C19H21Br2N3O2S. The van der Waals surface area contributed by atoms with Crippen molar-refractivity contribution in [3.8, 4) is 11.5 Å². The smallest absolute Gasteiger partial charge is 0.180 e. The van der Waals surface area contributed by atoms with Crippen molar-refractivity contribution < 1.29 is 9.47 Å². The van der Waals surface area contributed by atoms with Crippen LogP contribution in [0.15, 0.2) is 55.5 Å². The number of benzene rings is 2. The maximum atomic E-state index is 5.93. The van der Waals surface area contributed by atoms with E-state index in [2.05, 4.69) is 42.1 Å². The third-order valence-electron chi connectivity index (χ3n) is 3.33. The van der Waals surface area contributed by atoms with Gasteiger partial charge in [0.1, 0.15) is 0 Å². The number of halogens is 2. The fourth-order valence-electron chi connectivity index (χ4n) is 2.15. The molecule has 0 atom stereocenters. The number of rotatable bonds is 8. The van der Waals surface area contributed by atoms with Crippen molar-refractivity contribution in [2.75, 3.05) is 13.2 Å². The average molecular weight is 515 g/mol. The molecule has 0 radical (unpaired) electrons. The van der Waals surface area contributed by atoms with Crippen LogP contribution < -0.4 is 15.2 Å². The highest BCUT2D eigenvalue weighted by Gasteiger charge is 2.16. The zero-order valence-corrected chi connectivity index (χ0v) is 19.1. The standard InChI is InChI=1S/C19H21Br2N3O2S/c1-3-25-15-10-14(16(20)17(21)18(15)26-4-2)11-23-24-19(22)27-12-13-8-6-5-7-9-13/h5-11H,3-4,12H2,1-2H3,(H2,22,24). The van der Waals surface area contributed by atoms with E-state index in [-0.39, 0.29) is 0 Å². The van der Waals surface area contributed by atoms with Crippen LogP contribution in [0.2, 0.25) is 0 Å². The average Bonchev–Trinajstić information content (AvgIpc) is 2.68. The van der Waals surface area contributed by atoms with E-state index >= 15 is 0 Å². The van der Waals surface area contributed by atoms with Crippen LogP contribution in [0.4, 0.5) is 0 Å². The summed E-state index contributed by atoms with van der Waals surface area (Å²) in [6.07, 6.45) is 1.63. The van der Waals surface area contributed by atoms with Crippen molar-refractivity contribution in [1.82, 2.24) is 0 Å². The Labute approximate surface area is 180 Å². The van der Waals surface area contributed by atoms with E-state index in [1.54, 1.807) is 6.21 Å². The molecule has 5 nitrogen and oxygen atoms in total. The predicted molar refractivity (Wildman–Crippen MR) is 121 cm³/mol. The number of nitrogens with two attached hydrogens (primary N) is 1. The maximum Gasteiger partial charge on any atom is 0.180 e. The molecular weight excluding hydrogens is 494 g/mol. The van der Waals surface area contributed by atoms with Gasteiger partial charge in [-0.3, -0.25) is 0 Å². The van der Waals surface area contributed by atoms with Crippen LogP contribution in [0.1, 0.15) is 25.0 Å². The topological polar surface area (TPSA) is 69.2 Å². The van der Waals surface area contributed by atoms with E-state index in [0.717, 1.165) is 20.3 Å². The quantitative estimate of drug-likeness (QED) is 0.283. The molecule has 0 unspecified atom stereocenters. The summed E-state index contributed by atoms with van der Waals surface area (Å²) in [6.45, 7) is 4.93. The van der Waals surface area contributed by atoms with Gasteiger partial charge in [0.2, 0.25) is 0 Å². The van der Waals surface area contributed by atoms with Crippen LogP contribution in [0.5, 0.6) is 11.5 Å². The van der Waals surface area contributed by atoms with Gasteiger partial charge in [0.15, 0.2) is 16.7 Å². The molecule has 0 aliphatic heterocycles. The van der Waals surface area contributed by atoms with Crippen molar-refractivity contribution >= 4 is 55.0 Å². The lowest BCUT2D eigenvalue weighted by Gasteiger charge is -2.15. The molecule has 0 aromatic heterocycles. The molecule has 2 N–H and O–H groups in total. The van der Waals surface area contributed by atoms with E-state index in [9.17, 15) is 0 Å². The van der Waals surface area contributed by atoms with Crippen molar-refractivity contribution in [3.05, 3.63) is 56.5 Å². The van der Waals surface area contributed by atoms with Crippen LogP contribution in [0.3, 0.4) is 0 Å². The molecule has 2 aromatic carbocycles. The highest BCUT2D eigenvalue weighted by Crippen LogP contribution is 2.42. The Bertz CT molecular complexity index is 814. The molecule has 0 bridgehead atoms. The van der Waals surface area contributed by atoms with Gasteiger partial charge in [-0.05, 0) is 57.3 Å². The number of ether oxygens (including phenoxy) is 2. The molecule has 144 valence electrons. The number of hydrogen-bond acceptors (Lipinski definition) is 5. The van der Waals surface area contributed by atoms with Gasteiger partial charge in [0.05, 0.1) is 23.9 Å². The molecule has 0 fully saturated rings. The van der Waals surface area contributed by atoms with Gasteiger partial charge in [-0.25, -0.2) is 0 Å². The molecule has 0 saturated heterocycles. The first-order valence-electron chi connectivity index (χ1n) is 8.37. The van der Waals surface area contributed by atoms with Crippen molar-refractivity contribution in [1.29, 1.82) is 0 Å². The van der Waals surface area contributed by atoms with Crippen LogP contribution in [-0.4, -0.2) is 24.6 Å². The van der Waals surface area contributed by atoms with Crippen molar-refractivity contribution in [2.24, 2.45) is 15.9 Å². The third-order valence-corrected chi connectivity index (χ3v) is 6.33. The summed E-state index contributed by atoms with van der Waals surface area (Å²) in [5.41, 5.74) is 7.92. The minimum Gasteiger partial charge on any atom is -0.490 e. The molecule has 2 rings (SSSR count). The molecule has 0 aliphatic rings. The summed E-state index contributed by atoms with van der Waals surface area (Å²) in [6, 6.07) is 11.9. The Morgan fingerprint density at radius 3 is 2.48 bits per heavy atom. The minimum atomic E-state index is 0.404. The van der Waals surface area contributed by atoms with Gasteiger partial charge in [-0.2, -0.15) is 5.10 Å². The summed E-state index contributed by atoms with van der Waals surface area (Å²) in [4.78, 5) is 0. The molecule has 27 heavy (non-hydrogen) atoms. The molecule has 0 aliphatic carbocycles. The Morgan fingerprint density at radius 1 is 1.11 bits per heavy atom. The van der Waals surface area contributed by atoms with E-state index < -0.39 is 0 Å². The minimum absolute atomic E-state index is 0.404. The molecule has 0 spiro atoms. The first kappa shape index (κ1) is 21.8. The number of thioether (sulfide) groups is 1. The van der Waals surface area contributed by atoms with Gasteiger partial charge < -0.3 is 15.2 Å². The second kappa shape index (κ2) is 11.4. The number of amidine groups is 1. The highest BCUT2D eigenvalue weighted by atomic mass is 79.9. The Hall–Kier alpha value is -1.51. The fourth-order valence-corrected chi connectivity index (χ4v) is 3.70. The zero-order valence-electron chi connectivity index (χ0n) is 15.1. The Kier molecular flexibility index (Phi) is 9.17. The first-order chi connectivity index (χ1) is 13.1. The van der Waals surface area contributed by atoms with E-state index in [1.807, 2.05) is 50.2 Å². The van der Waals surface area contributed by atoms with Gasteiger partial charge in [-0.1, -0.05) is 42.1 Å². The summed E-state index contributed by atoms with van der Waals surface area (Å²) in [5.74, 6) is 2.05. The van der Waals surface area contributed by atoms with Gasteiger partial charge >= 0.3 is 0 Å². The zero-order chi connectivity index (χ0) is 19.6. The maximum absolute atomic E-state index is 5.93. The summed E-state index contributed by atoms with van der Waals surface area (Å²) < 4.78 is 12.9. The highest BCUT2D eigenvalue weighted by molar-refractivity contribution is 9.13. The summed E-state index contributed by atoms with van der Waals surface area (Å²) in [7, 11) is 0. The normalized spacial score (nSPS) is 11.8. The molecule has 0 amide bonds. The van der Waals surface area contributed by atoms with E-state index in [1.165, 1.54) is 17.3 Å². The SMILES string of the molecule is CCOc1cc(C=NN=C(N)SCc2ccccc2)c(Br)c(Br)c1OCC. The van der Waals surface area contributed by atoms with Gasteiger partial charge in [-0.15, -0.1) is 5.10 Å². The lowest BCUT2D eigenvalue weighted by atomic mass is 10.2. The van der Waals surface area contributed by atoms with Crippen molar-refractivity contribution in [2.45, 2.75) is 19.6 Å².